The second-order valence-electron chi connectivity index (χ2n) is 4.20. The standard InChI is InChI=1S/C11H19N3O4/c1-12-11(17)13-9(15)7-14-5-3-8(4-6-14)10(16)18-2/h8H,3-7H2,1-2H3,(H2,12,13,15,17). The number of hydrogen-bond donors (Lipinski definition) is 2. The average molecular weight is 257 g/mol. The van der Waals surface area contributed by atoms with Gasteiger partial charge in [0.05, 0.1) is 19.6 Å². The number of amides is 3. The number of nitrogens with one attached hydrogen (secondary N) is 2. The van der Waals surface area contributed by atoms with E-state index in [1.54, 1.807) is 0 Å². The zero-order valence-electron chi connectivity index (χ0n) is 10.7. The highest BCUT2D eigenvalue weighted by atomic mass is 16.5. The van der Waals surface area contributed by atoms with Crippen molar-refractivity contribution < 1.29 is 19.1 Å². The van der Waals surface area contributed by atoms with E-state index in [-0.39, 0.29) is 24.3 Å². The van der Waals surface area contributed by atoms with Crippen LogP contribution in [-0.4, -0.2) is 56.6 Å². The first-order chi connectivity index (χ1) is 8.56. The molecule has 7 heteroatoms. The molecule has 0 aromatic rings. The fourth-order valence-corrected chi connectivity index (χ4v) is 1.93. The molecule has 18 heavy (non-hydrogen) atoms. The first-order valence-electron chi connectivity index (χ1n) is 5.88. The Labute approximate surface area is 106 Å². The zero-order valence-corrected chi connectivity index (χ0v) is 10.7. The second kappa shape index (κ2) is 6.95. The third-order valence-corrected chi connectivity index (χ3v) is 2.97. The largest absolute Gasteiger partial charge is 0.469 e. The van der Waals surface area contributed by atoms with Crippen molar-refractivity contribution in [3.8, 4) is 0 Å². The average Bonchev–Trinajstić information content (AvgIpc) is 2.38. The second-order valence-corrected chi connectivity index (χ2v) is 4.20. The van der Waals surface area contributed by atoms with Crippen LogP contribution in [-0.2, 0) is 14.3 Å². The Morgan fingerprint density at radius 1 is 1.28 bits per heavy atom. The van der Waals surface area contributed by atoms with Crippen molar-refractivity contribution in [3.05, 3.63) is 0 Å². The molecule has 0 radical (unpaired) electrons. The number of rotatable bonds is 3. The molecule has 1 fully saturated rings. The van der Waals surface area contributed by atoms with E-state index in [2.05, 4.69) is 15.4 Å². The van der Waals surface area contributed by atoms with Gasteiger partial charge in [0.1, 0.15) is 0 Å². The van der Waals surface area contributed by atoms with Gasteiger partial charge < -0.3 is 10.1 Å². The molecule has 0 aliphatic carbocycles. The van der Waals surface area contributed by atoms with Crippen molar-refractivity contribution in [1.82, 2.24) is 15.5 Å². The van der Waals surface area contributed by atoms with E-state index in [0.717, 1.165) is 0 Å². The first-order valence-corrected chi connectivity index (χ1v) is 5.88. The molecule has 0 aromatic carbocycles. The Hall–Kier alpha value is -1.63. The van der Waals surface area contributed by atoms with Gasteiger partial charge in [-0.3, -0.25) is 19.8 Å². The minimum absolute atomic E-state index is 0.0757. The Morgan fingerprint density at radius 3 is 2.39 bits per heavy atom. The van der Waals surface area contributed by atoms with Crippen LogP contribution in [0, 0.1) is 5.92 Å². The third-order valence-electron chi connectivity index (χ3n) is 2.97. The third kappa shape index (κ3) is 4.33. The van der Waals surface area contributed by atoms with Crippen LogP contribution in [0.4, 0.5) is 4.79 Å². The molecule has 0 aromatic heterocycles. The highest BCUT2D eigenvalue weighted by Crippen LogP contribution is 2.17. The predicted molar refractivity (Wildman–Crippen MR) is 63.8 cm³/mol. The van der Waals surface area contributed by atoms with Crippen LogP contribution in [0.1, 0.15) is 12.8 Å². The van der Waals surface area contributed by atoms with Gasteiger partial charge in [-0.05, 0) is 25.9 Å². The van der Waals surface area contributed by atoms with Gasteiger partial charge in [0, 0.05) is 7.05 Å². The lowest BCUT2D eigenvalue weighted by Crippen LogP contribution is -2.46. The lowest BCUT2D eigenvalue weighted by Gasteiger charge is -2.29. The zero-order chi connectivity index (χ0) is 13.5. The fraction of sp³-hybridized carbons (Fsp3) is 0.727. The molecule has 2 N–H and O–H groups in total. The Balaban J connectivity index is 2.29. The van der Waals surface area contributed by atoms with E-state index in [1.807, 2.05) is 4.90 Å². The highest BCUT2D eigenvalue weighted by molar-refractivity contribution is 5.95. The Bertz CT molecular complexity index is 324. The Morgan fingerprint density at radius 2 is 1.89 bits per heavy atom. The van der Waals surface area contributed by atoms with Crippen LogP contribution in [0.15, 0.2) is 0 Å². The Kier molecular flexibility index (Phi) is 5.57. The van der Waals surface area contributed by atoms with E-state index in [9.17, 15) is 14.4 Å². The van der Waals surface area contributed by atoms with Crippen molar-refractivity contribution >= 4 is 17.9 Å². The summed E-state index contributed by atoms with van der Waals surface area (Å²) < 4.78 is 4.68. The van der Waals surface area contributed by atoms with E-state index in [4.69, 9.17) is 0 Å². The number of imide groups is 1. The smallest absolute Gasteiger partial charge is 0.321 e. The molecule has 1 heterocycles. The quantitative estimate of drug-likeness (QED) is 0.654. The van der Waals surface area contributed by atoms with Crippen LogP contribution in [0.5, 0.6) is 0 Å². The van der Waals surface area contributed by atoms with Crippen LogP contribution >= 0.6 is 0 Å². The summed E-state index contributed by atoms with van der Waals surface area (Å²) in [5.74, 6) is -0.608. The van der Waals surface area contributed by atoms with Gasteiger partial charge in [-0.1, -0.05) is 0 Å². The molecule has 0 saturated carbocycles. The van der Waals surface area contributed by atoms with Gasteiger partial charge in [-0.15, -0.1) is 0 Å². The van der Waals surface area contributed by atoms with Gasteiger partial charge in [0.15, 0.2) is 0 Å². The fourth-order valence-electron chi connectivity index (χ4n) is 1.93. The summed E-state index contributed by atoms with van der Waals surface area (Å²) in [5, 5.41) is 4.51. The summed E-state index contributed by atoms with van der Waals surface area (Å²) in [6, 6.07) is -0.510. The van der Waals surface area contributed by atoms with Crippen molar-refractivity contribution in [3.63, 3.8) is 0 Å². The van der Waals surface area contributed by atoms with Crippen LogP contribution in [0.25, 0.3) is 0 Å². The van der Waals surface area contributed by atoms with Gasteiger partial charge in [-0.2, -0.15) is 0 Å². The van der Waals surface area contributed by atoms with Crippen molar-refractivity contribution in [2.75, 3.05) is 33.8 Å². The van der Waals surface area contributed by atoms with Crippen LogP contribution < -0.4 is 10.6 Å². The normalized spacial score (nSPS) is 17.0. The minimum Gasteiger partial charge on any atom is -0.469 e. The van der Waals surface area contributed by atoms with Gasteiger partial charge in [-0.25, -0.2) is 4.79 Å². The number of piperidine rings is 1. The molecule has 1 aliphatic heterocycles. The topological polar surface area (TPSA) is 87.7 Å². The number of carbonyl (C=O) groups is 3. The molecule has 1 aliphatic rings. The number of esters is 1. The van der Waals surface area contributed by atoms with Crippen LogP contribution in [0.3, 0.4) is 0 Å². The molecule has 1 saturated heterocycles. The summed E-state index contributed by atoms with van der Waals surface area (Å²) >= 11 is 0. The van der Waals surface area contributed by atoms with E-state index >= 15 is 0 Å². The number of likely N-dealkylation sites (tertiary alicyclic amines) is 1. The molecule has 1 rings (SSSR count). The van der Waals surface area contributed by atoms with Crippen molar-refractivity contribution in [2.45, 2.75) is 12.8 Å². The number of urea groups is 1. The molecule has 3 amide bonds. The van der Waals surface area contributed by atoms with Crippen molar-refractivity contribution in [2.24, 2.45) is 5.92 Å². The maximum absolute atomic E-state index is 11.4. The van der Waals surface area contributed by atoms with Gasteiger partial charge >= 0.3 is 12.0 Å². The number of carbonyl (C=O) groups excluding carboxylic acids is 3. The molecular formula is C11H19N3O4. The SMILES string of the molecule is CNC(=O)NC(=O)CN1CCC(C(=O)OC)CC1. The molecule has 0 atom stereocenters. The molecule has 0 bridgehead atoms. The van der Waals surface area contributed by atoms with Gasteiger partial charge in [0.2, 0.25) is 5.91 Å². The minimum atomic E-state index is -0.510. The van der Waals surface area contributed by atoms with E-state index in [0.29, 0.717) is 25.9 Å². The first kappa shape index (κ1) is 14.4. The molecule has 102 valence electrons. The maximum atomic E-state index is 11.4. The lowest BCUT2D eigenvalue weighted by atomic mass is 9.97. The maximum Gasteiger partial charge on any atom is 0.321 e. The van der Waals surface area contributed by atoms with E-state index < -0.39 is 6.03 Å². The monoisotopic (exact) mass is 257 g/mol. The van der Waals surface area contributed by atoms with Gasteiger partial charge in [0.25, 0.3) is 0 Å². The summed E-state index contributed by atoms with van der Waals surface area (Å²) in [6.07, 6.45) is 1.36. The number of methoxy groups -OCH3 is 1. The summed E-state index contributed by atoms with van der Waals surface area (Å²) in [4.78, 5) is 35.6. The lowest BCUT2D eigenvalue weighted by molar-refractivity contribution is -0.147. The molecule has 0 unspecified atom stereocenters. The molecular weight excluding hydrogens is 238 g/mol. The summed E-state index contributed by atoms with van der Waals surface area (Å²) in [7, 11) is 2.83. The number of hydrogen-bond acceptors (Lipinski definition) is 5. The highest BCUT2D eigenvalue weighted by Gasteiger charge is 2.26. The number of nitrogens with zero attached hydrogens (tertiary/aromatic N) is 1. The summed E-state index contributed by atoms with van der Waals surface area (Å²) in [5.41, 5.74) is 0. The van der Waals surface area contributed by atoms with Crippen molar-refractivity contribution in [1.29, 1.82) is 0 Å². The number of ether oxygens (including phenoxy) is 1. The predicted octanol–water partition coefficient (Wildman–Crippen LogP) is -0.673. The summed E-state index contributed by atoms with van der Waals surface area (Å²) in [6.45, 7) is 1.48. The molecule has 7 nitrogen and oxygen atoms in total. The molecule has 0 spiro atoms. The van der Waals surface area contributed by atoms with Crippen LogP contribution in [0.2, 0.25) is 0 Å². The van der Waals surface area contributed by atoms with E-state index in [1.165, 1.54) is 14.2 Å².